The summed E-state index contributed by atoms with van der Waals surface area (Å²) in [5.74, 6) is 0.832. The lowest BCUT2D eigenvalue weighted by molar-refractivity contribution is 0.303. The van der Waals surface area contributed by atoms with Crippen LogP contribution >= 0.6 is 0 Å². The van der Waals surface area contributed by atoms with E-state index in [0.29, 0.717) is 13.2 Å². The highest BCUT2D eigenvalue weighted by molar-refractivity contribution is 5.27. The van der Waals surface area contributed by atoms with Gasteiger partial charge in [-0.2, -0.15) is 0 Å². The normalized spacial score (nSPS) is 12.1. The Morgan fingerprint density at radius 2 is 1.91 bits per heavy atom. The molecule has 0 aromatic heterocycles. The van der Waals surface area contributed by atoms with E-state index in [4.69, 9.17) is 10.5 Å². The minimum absolute atomic E-state index is 0.0835. The molecule has 0 aliphatic heterocycles. The van der Waals surface area contributed by atoms with Gasteiger partial charge >= 0.3 is 0 Å². The highest BCUT2D eigenvalue weighted by Crippen LogP contribution is 2.23. The molecule has 2 aromatic carbocycles. The molecule has 3 heteroatoms. The van der Waals surface area contributed by atoms with E-state index in [-0.39, 0.29) is 11.7 Å². The van der Waals surface area contributed by atoms with E-state index in [1.807, 2.05) is 43.3 Å². The van der Waals surface area contributed by atoms with Crippen LogP contribution in [0.5, 0.6) is 5.75 Å². The molecule has 22 heavy (non-hydrogen) atoms. The smallest absolute Gasteiger partial charge is 0.126 e. The van der Waals surface area contributed by atoms with Crippen LogP contribution in [0.3, 0.4) is 0 Å². The van der Waals surface area contributed by atoms with Crippen molar-refractivity contribution < 1.29 is 9.13 Å². The van der Waals surface area contributed by atoms with E-state index >= 15 is 0 Å². The van der Waals surface area contributed by atoms with Crippen LogP contribution in [0, 0.1) is 12.7 Å². The van der Waals surface area contributed by atoms with Crippen LogP contribution in [0.2, 0.25) is 0 Å². The molecule has 0 amide bonds. The summed E-state index contributed by atoms with van der Waals surface area (Å²) in [6.07, 6.45) is 2.80. The first-order valence-corrected chi connectivity index (χ1v) is 7.84. The van der Waals surface area contributed by atoms with Crippen LogP contribution in [0.1, 0.15) is 36.3 Å². The van der Waals surface area contributed by atoms with Gasteiger partial charge in [0, 0.05) is 0 Å². The molecule has 0 spiro atoms. The van der Waals surface area contributed by atoms with Crippen molar-refractivity contribution in [1.29, 1.82) is 0 Å². The Hall–Kier alpha value is -1.87. The highest BCUT2D eigenvalue weighted by Gasteiger charge is 2.13. The Labute approximate surface area is 132 Å². The lowest BCUT2D eigenvalue weighted by Gasteiger charge is -2.16. The lowest BCUT2D eigenvalue weighted by atomic mass is 9.93. The summed E-state index contributed by atoms with van der Waals surface area (Å²) in [6.45, 7) is 3.20. The van der Waals surface area contributed by atoms with Crippen molar-refractivity contribution in [2.75, 3.05) is 13.2 Å². The van der Waals surface area contributed by atoms with Gasteiger partial charge in [-0.05, 0) is 68.0 Å². The van der Waals surface area contributed by atoms with Gasteiger partial charge in [-0.15, -0.1) is 0 Å². The molecule has 1 unspecified atom stereocenters. The molecule has 1 atom stereocenters. The molecule has 2 rings (SSSR count). The zero-order chi connectivity index (χ0) is 15.8. The van der Waals surface area contributed by atoms with Crippen molar-refractivity contribution >= 4 is 0 Å². The van der Waals surface area contributed by atoms with Gasteiger partial charge in [0.15, 0.2) is 0 Å². The van der Waals surface area contributed by atoms with Crippen LogP contribution < -0.4 is 10.5 Å². The van der Waals surface area contributed by atoms with Crippen molar-refractivity contribution in [2.24, 2.45) is 5.73 Å². The number of hydrogen-bond acceptors (Lipinski definition) is 2. The van der Waals surface area contributed by atoms with E-state index in [0.717, 1.165) is 30.6 Å². The first-order valence-electron chi connectivity index (χ1n) is 7.84. The molecular formula is C19H24FNO. The van der Waals surface area contributed by atoms with Gasteiger partial charge in [-0.25, -0.2) is 4.39 Å². The second kappa shape index (κ2) is 8.54. The fraction of sp³-hybridized carbons (Fsp3) is 0.368. The minimum Gasteiger partial charge on any atom is -0.494 e. The molecule has 0 fully saturated rings. The van der Waals surface area contributed by atoms with Crippen molar-refractivity contribution in [3.8, 4) is 5.75 Å². The van der Waals surface area contributed by atoms with Crippen LogP contribution in [0.4, 0.5) is 4.39 Å². The Morgan fingerprint density at radius 1 is 1.09 bits per heavy atom. The van der Waals surface area contributed by atoms with Gasteiger partial charge < -0.3 is 10.5 Å². The second-order valence-electron chi connectivity index (χ2n) is 5.61. The average Bonchev–Trinajstić information content (AvgIpc) is 2.52. The maximum absolute atomic E-state index is 13.8. The van der Waals surface area contributed by atoms with E-state index in [2.05, 4.69) is 0 Å². The van der Waals surface area contributed by atoms with Gasteiger partial charge in [-0.1, -0.05) is 30.3 Å². The molecule has 0 bridgehead atoms. The number of aryl methyl sites for hydroxylation is 1. The zero-order valence-corrected chi connectivity index (χ0v) is 13.1. The third kappa shape index (κ3) is 4.85. The van der Waals surface area contributed by atoms with E-state index in [1.54, 1.807) is 6.07 Å². The summed E-state index contributed by atoms with van der Waals surface area (Å²) >= 11 is 0. The van der Waals surface area contributed by atoms with Gasteiger partial charge in [0.1, 0.15) is 11.6 Å². The molecule has 0 aliphatic rings. The quantitative estimate of drug-likeness (QED) is 0.732. The Balaban J connectivity index is 1.74. The third-order valence-electron chi connectivity index (χ3n) is 3.83. The number of nitrogens with two attached hydrogens (primary N) is 1. The summed E-state index contributed by atoms with van der Waals surface area (Å²) in [6, 6.07) is 14.9. The molecule has 0 heterocycles. The van der Waals surface area contributed by atoms with E-state index in [9.17, 15) is 4.39 Å². The van der Waals surface area contributed by atoms with Crippen molar-refractivity contribution in [1.82, 2.24) is 0 Å². The van der Waals surface area contributed by atoms with Gasteiger partial charge in [0.2, 0.25) is 0 Å². The van der Waals surface area contributed by atoms with Crippen molar-refractivity contribution in [3.05, 3.63) is 65.5 Å². The number of ether oxygens (including phenoxy) is 1. The predicted molar refractivity (Wildman–Crippen MR) is 88.7 cm³/mol. The number of unbranched alkanes of at least 4 members (excludes halogenated alkanes) is 1. The number of halogens is 1. The zero-order valence-electron chi connectivity index (χ0n) is 13.1. The first kappa shape index (κ1) is 16.5. The number of benzene rings is 2. The predicted octanol–water partition coefficient (Wildman–Crippen LogP) is 4.43. The summed E-state index contributed by atoms with van der Waals surface area (Å²) in [5.41, 5.74) is 7.72. The molecule has 2 N–H and O–H groups in total. The molecular weight excluding hydrogens is 277 g/mol. The third-order valence-corrected chi connectivity index (χ3v) is 3.83. The standard InChI is InChI=1S/C19H24FNO/c1-15-7-6-9-17(13-15)22-12-5-4-8-16(14-21)18-10-2-3-11-19(18)20/h2-3,6-7,9-11,13,16H,4-5,8,12,14,21H2,1H3. The van der Waals surface area contributed by atoms with Gasteiger partial charge in [0.05, 0.1) is 6.61 Å². The fourth-order valence-electron chi connectivity index (χ4n) is 2.59. The molecule has 2 aromatic rings. The molecule has 0 radical (unpaired) electrons. The van der Waals surface area contributed by atoms with Crippen molar-refractivity contribution in [2.45, 2.75) is 32.1 Å². The van der Waals surface area contributed by atoms with Crippen LogP contribution in [-0.4, -0.2) is 13.2 Å². The summed E-state index contributed by atoms with van der Waals surface area (Å²) in [4.78, 5) is 0. The van der Waals surface area contributed by atoms with E-state index < -0.39 is 0 Å². The maximum atomic E-state index is 13.8. The Bertz CT molecular complexity index is 585. The lowest BCUT2D eigenvalue weighted by Crippen LogP contribution is -2.14. The van der Waals surface area contributed by atoms with Gasteiger partial charge in [0.25, 0.3) is 0 Å². The second-order valence-corrected chi connectivity index (χ2v) is 5.61. The van der Waals surface area contributed by atoms with Crippen LogP contribution in [-0.2, 0) is 0 Å². The monoisotopic (exact) mass is 301 g/mol. The summed E-state index contributed by atoms with van der Waals surface area (Å²) in [5, 5.41) is 0. The first-order chi connectivity index (χ1) is 10.7. The average molecular weight is 301 g/mol. The summed E-state index contributed by atoms with van der Waals surface area (Å²) < 4.78 is 19.5. The summed E-state index contributed by atoms with van der Waals surface area (Å²) in [7, 11) is 0. The molecule has 0 saturated heterocycles. The Kier molecular flexibility index (Phi) is 6.41. The minimum atomic E-state index is -0.158. The number of rotatable bonds is 8. The topological polar surface area (TPSA) is 35.2 Å². The van der Waals surface area contributed by atoms with Crippen molar-refractivity contribution in [3.63, 3.8) is 0 Å². The molecule has 0 saturated carbocycles. The SMILES string of the molecule is Cc1cccc(OCCCCC(CN)c2ccccc2F)c1. The van der Waals surface area contributed by atoms with Gasteiger partial charge in [-0.3, -0.25) is 0 Å². The molecule has 0 aliphatic carbocycles. The largest absolute Gasteiger partial charge is 0.494 e. The van der Waals surface area contributed by atoms with Crippen LogP contribution in [0.25, 0.3) is 0 Å². The highest BCUT2D eigenvalue weighted by atomic mass is 19.1. The number of hydrogen-bond donors (Lipinski definition) is 1. The molecule has 118 valence electrons. The van der Waals surface area contributed by atoms with E-state index in [1.165, 1.54) is 11.6 Å². The Morgan fingerprint density at radius 3 is 2.64 bits per heavy atom. The molecule has 2 nitrogen and oxygen atoms in total. The fourth-order valence-corrected chi connectivity index (χ4v) is 2.59. The van der Waals surface area contributed by atoms with Crippen LogP contribution in [0.15, 0.2) is 48.5 Å². The maximum Gasteiger partial charge on any atom is 0.126 e.